The minimum atomic E-state index is -0.411. The second-order valence-electron chi connectivity index (χ2n) is 19.0. The van der Waals surface area contributed by atoms with E-state index in [9.17, 15) is 0 Å². The molecule has 0 bridgehead atoms. The number of aromatic amines is 4. The number of likely N-dealkylation sites (tertiary alicyclic amines) is 1. The molecule has 14 rings (SSSR count). The van der Waals surface area contributed by atoms with Gasteiger partial charge in [0, 0.05) is 74.9 Å². The molecule has 1 saturated heterocycles. The van der Waals surface area contributed by atoms with Gasteiger partial charge >= 0.3 is 0 Å². The van der Waals surface area contributed by atoms with Gasteiger partial charge in [-0.15, -0.1) is 22.7 Å². The zero-order chi connectivity index (χ0) is 54.1. The maximum absolute atomic E-state index is 15.3. The molecule has 0 spiro atoms. The molecular weight excluding hydrogens is 1030 g/mol. The summed E-state index contributed by atoms with van der Waals surface area (Å²) in [6, 6.07) is 32.8. The molecule has 13 aromatic rings. The number of imidazole rings is 2. The molecular formula is C61H52F2N14S2. The normalized spacial score (nSPS) is 12.5. The van der Waals surface area contributed by atoms with Gasteiger partial charge in [-0.2, -0.15) is 10.2 Å². The van der Waals surface area contributed by atoms with Crippen LogP contribution in [-0.4, -0.2) is 78.3 Å². The van der Waals surface area contributed by atoms with Crippen LogP contribution < -0.4 is 5.32 Å². The molecule has 0 unspecified atom stereocenters. The zero-order valence-electron chi connectivity index (χ0n) is 43.6. The Balaban J connectivity index is 0.000000153. The minimum Gasteiger partial charge on any atom is -0.354 e. The Labute approximate surface area is 460 Å². The van der Waals surface area contributed by atoms with E-state index in [1.54, 1.807) is 53.7 Å². The molecule has 0 atom stereocenters. The standard InChI is InChI=1S/C31H22FN7S.C28H24FN7S.C2H6/c1-17-8-9-26(40-17)30-29-25(10-11-34-30)36-31(37-29)28-23-13-20(14-24(32)27(23)38-39-28)21-12-22(16-33-15-21)35-18(2)19-6-4-3-5-7-19;1-16-4-5-23(37-16)27-26-22(6-7-31-27)32-28(33-26)25-20-11-18(12-21(29)24(20)34-35-25)19-10-17(13-30-14-19)15-36-8-2-3-9-36;1-2/h3-16,35H,2H2,1H3,(H,36,37)(H,38,39);4-7,10-14H,2-3,8-9,15H2,1H3,(H,32,33)(H,34,35);1-2H3. The highest BCUT2D eigenvalue weighted by Crippen LogP contribution is 2.38. The number of pyridine rings is 4. The number of fused-ring (bicyclic) bond motifs is 4. The average Bonchev–Trinajstić information content (AvgIpc) is 4.54. The van der Waals surface area contributed by atoms with Crippen LogP contribution in [0.15, 0.2) is 147 Å². The molecule has 79 heavy (non-hydrogen) atoms. The van der Waals surface area contributed by atoms with Gasteiger partial charge in [-0.3, -0.25) is 35.0 Å². The first-order valence-corrected chi connectivity index (χ1v) is 27.6. The van der Waals surface area contributed by atoms with Gasteiger partial charge in [0.2, 0.25) is 0 Å². The molecule has 1 aliphatic heterocycles. The summed E-state index contributed by atoms with van der Waals surface area (Å²) < 4.78 is 30.6. The summed E-state index contributed by atoms with van der Waals surface area (Å²) in [6.07, 6.45) is 13.1. The maximum Gasteiger partial charge on any atom is 0.159 e. The van der Waals surface area contributed by atoms with Gasteiger partial charge in [0.05, 0.1) is 32.7 Å². The van der Waals surface area contributed by atoms with E-state index in [-0.39, 0.29) is 11.3 Å². The highest BCUT2D eigenvalue weighted by atomic mass is 32.1. The molecule has 1 fully saturated rings. The summed E-state index contributed by atoms with van der Waals surface area (Å²) in [5.41, 5.74) is 13.3. The van der Waals surface area contributed by atoms with Crippen molar-refractivity contribution in [2.24, 2.45) is 0 Å². The van der Waals surface area contributed by atoms with Crippen LogP contribution in [0.3, 0.4) is 0 Å². The van der Waals surface area contributed by atoms with E-state index in [0.717, 1.165) is 102 Å². The first kappa shape index (κ1) is 50.7. The van der Waals surface area contributed by atoms with Gasteiger partial charge in [-0.05, 0) is 135 Å². The quantitative estimate of drug-likeness (QED) is 0.0836. The second-order valence-corrected chi connectivity index (χ2v) is 21.6. The Bertz CT molecular complexity index is 4350. The lowest BCUT2D eigenvalue weighted by atomic mass is 10.0. The van der Waals surface area contributed by atoms with Crippen molar-refractivity contribution in [2.75, 3.05) is 18.4 Å². The van der Waals surface area contributed by atoms with Crippen LogP contribution in [0, 0.1) is 25.5 Å². The summed E-state index contributed by atoms with van der Waals surface area (Å²) in [5.74, 6) is 0.337. The van der Waals surface area contributed by atoms with Gasteiger partial charge in [-0.1, -0.05) is 50.8 Å². The lowest BCUT2D eigenvalue weighted by Gasteiger charge is -2.14. The van der Waals surface area contributed by atoms with Crippen LogP contribution in [0.4, 0.5) is 14.5 Å². The molecule has 0 radical (unpaired) electrons. The number of anilines is 1. The molecule has 392 valence electrons. The molecule has 1 aliphatic rings. The molecule has 0 amide bonds. The Morgan fingerprint density at radius 3 is 1.91 bits per heavy atom. The Morgan fingerprint density at radius 1 is 0.620 bits per heavy atom. The van der Waals surface area contributed by atoms with Crippen molar-refractivity contribution in [1.29, 1.82) is 0 Å². The number of aromatic nitrogens is 12. The van der Waals surface area contributed by atoms with E-state index in [1.807, 2.05) is 86.8 Å². The molecule has 11 heterocycles. The summed E-state index contributed by atoms with van der Waals surface area (Å²) in [5, 5.41) is 19.1. The highest BCUT2D eigenvalue weighted by molar-refractivity contribution is 7.15. The van der Waals surface area contributed by atoms with E-state index in [1.165, 1.54) is 34.7 Å². The van der Waals surface area contributed by atoms with E-state index in [2.05, 4.69) is 105 Å². The topological polar surface area (TPSA) is 182 Å². The van der Waals surface area contributed by atoms with E-state index < -0.39 is 5.82 Å². The van der Waals surface area contributed by atoms with Crippen LogP contribution in [-0.2, 0) is 6.54 Å². The van der Waals surface area contributed by atoms with Crippen molar-refractivity contribution in [3.05, 3.63) is 179 Å². The molecule has 5 N–H and O–H groups in total. The largest absolute Gasteiger partial charge is 0.354 e. The predicted octanol–water partition coefficient (Wildman–Crippen LogP) is 15.2. The van der Waals surface area contributed by atoms with Gasteiger partial charge < -0.3 is 15.3 Å². The number of hydrogen-bond acceptors (Lipinski definition) is 12. The van der Waals surface area contributed by atoms with E-state index in [0.29, 0.717) is 44.9 Å². The van der Waals surface area contributed by atoms with Crippen molar-refractivity contribution in [3.63, 3.8) is 0 Å². The SMILES string of the molecule is C=C(Nc1cncc(-c2cc(F)c3[nH]nc(-c4nc5c(-c6ccc(C)s6)nccc5[nH]4)c3c2)c1)c1ccccc1.CC.Cc1ccc(-c2nccc3[nH]c(-c4[nH]nc5c(F)cc(-c6cncc(CN7CCCC7)c6)cc45)nc23)s1. The van der Waals surface area contributed by atoms with Crippen molar-refractivity contribution in [2.45, 2.75) is 47.1 Å². The monoisotopic (exact) mass is 1080 g/mol. The molecule has 14 nitrogen and oxygen atoms in total. The summed E-state index contributed by atoms with van der Waals surface area (Å²) >= 11 is 3.35. The molecule has 0 saturated carbocycles. The number of rotatable bonds is 11. The fourth-order valence-corrected chi connectivity index (χ4v) is 11.6. The van der Waals surface area contributed by atoms with Crippen LogP contribution >= 0.6 is 22.7 Å². The van der Waals surface area contributed by atoms with Crippen LogP contribution in [0.5, 0.6) is 0 Å². The van der Waals surface area contributed by atoms with E-state index >= 15 is 8.78 Å². The third-order valence-electron chi connectivity index (χ3n) is 13.7. The fraction of sp³-hybridized carbons (Fsp3) is 0.148. The van der Waals surface area contributed by atoms with E-state index in [4.69, 9.17) is 9.97 Å². The van der Waals surface area contributed by atoms with Gasteiger partial charge in [-0.25, -0.2) is 18.7 Å². The zero-order valence-corrected chi connectivity index (χ0v) is 45.3. The van der Waals surface area contributed by atoms with Gasteiger partial charge in [0.1, 0.15) is 50.7 Å². The Hall–Kier alpha value is -9.10. The smallest absolute Gasteiger partial charge is 0.159 e. The Kier molecular flexibility index (Phi) is 13.9. The number of aryl methyl sites for hydroxylation is 2. The first-order valence-electron chi connectivity index (χ1n) is 26.0. The fourth-order valence-electron chi connectivity index (χ4n) is 9.92. The molecule has 10 aromatic heterocycles. The minimum absolute atomic E-state index is 0.285. The summed E-state index contributed by atoms with van der Waals surface area (Å²) in [7, 11) is 0. The van der Waals surface area contributed by atoms with Gasteiger partial charge in [0.25, 0.3) is 0 Å². The predicted molar refractivity (Wildman–Crippen MR) is 315 cm³/mol. The van der Waals surface area contributed by atoms with Crippen molar-refractivity contribution >= 4 is 77.9 Å². The average molecular weight is 1080 g/mol. The third kappa shape index (κ3) is 10.2. The van der Waals surface area contributed by atoms with Crippen LogP contribution in [0.25, 0.3) is 116 Å². The van der Waals surface area contributed by atoms with Crippen molar-refractivity contribution < 1.29 is 8.78 Å². The number of nitrogens with zero attached hydrogens (tertiary/aromatic N) is 9. The number of benzene rings is 3. The lowest BCUT2D eigenvalue weighted by Crippen LogP contribution is -2.18. The maximum atomic E-state index is 15.3. The van der Waals surface area contributed by atoms with Crippen LogP contribution in [0.1, 0.15) is 47.6 Å². The third-order valence-corrected chi connectivity index (χ3v) is 15.7. The lowest BCUT2D eigenvalue weighted by molar-refractivity contribution is 0.331. The number of hydrogen-bond donors (Lipinski definition) is 5. The van der Waals surface area contributed by atoms with Crippen LogP contribution in [0.2, 0.25) is 0 Å². The summed E-state index contributed by atoms with van der Waals surface area (Å²) in [6.45, 7) is 15.4. The first-order chi connectivity index (χ1) is 38.6. The second kappa shape index (κ2) is 21.7. The Morgan fingerprint density at radius 2 is 1.24 bits per heavy atom. The number of nitrogens with one attached hydrogen (secondary N) is 5. The van der Waals surface area contributed by atoms with Gasteiger partial charge in [0.15, 0.2) is 17.5 Å². The number of thiophene rings is 2. The molecule has 18 heteroatoms. The molecule has 3 aromatic carbocycles. The summed E-state index contributed by atoms with van der Waals surface area (Å²) in [4.78, 5) is 41.4. The highest BCUT2D eigenvalue weighted by Gasteiger charge is 2.22. The number of H-pyrrole nitrogens is 4. The van der Waals surface area contributed by atoms with Crippen molar-refractivity contribution in [1.82, 2.24) is 65.2 Å². The molecule has 0 aliphatic carbocycles. The number of halogens is 2. The van der Waals surface area contributed by atoms with Crippen molar-refractivity contribution in [3.8, 4) is 66.4 Å².